The fourth-order valence-electron chi connectivity index (χ4n) is 1.73. The SMILES string of the molecule is O=C(NCCCNC(=O)c1cccs1)Nc1cccc(F)c1. The summed E-state index contributed by atoms with van der Waals surface area (Å²) in [5, 5.41) is 9.77. The summed E-state index contributed by atoms with van der Waals surface area (Å²) in [6.45, 7) is 0.878. The van der Waals surface area contributed by atoms with Gasteiger partial charge in [0, 0.05) is 18.8 Å². The van der Waals surface area contributed by atoms with E-state index in [1.54, 1.807) is 12.1 Å². The zero-order chi connectivity index (χ0) is 15.8. The predicted octanol–water partition coefficient (Wildman–Crippen LogP) is 2.83. The lowest BCUT2D eigenvalue weighted by molar-refractivity contribution is 0.0957. The molecule has 2 rings (SSSR count). The summed E-state index contributed by atoms with van der Waals surface area (Å²) in [5.74, 6) is -0.520. The molecule has 0 aliphatic heterocycles. The molecule has 0 atom stereocenters. The number of rotatable bonds is 6. The molecule has 3 N–H and O–H groups in total. The van der Waals surface area contributed by atoms with Crippen LogP contribution in [-0.2, 0) is 0 Å². The molecule has 116 valence electrons. The van der Waals surface area contributed by atoms with Gasteiger partial charge in [-0.05, 0) is 36.1 Å². The van der Waals surface area contributed by atoms with Crippen molar-refractivity contribution in [3.8, 4) is 0 Å². The number of hydrogen-bond acceptors (Lipinski definition) is 3. The van der Waals surface area contributed by atoms with Gasteiger partial charge in [-0.3, -0.25) is 4.79 Å². The van der Waals surface area contributed by atoms with E-state index < -0.39 is 11.8 Å². The van der Waals surface area contributed by atoms with Gasteiger partial charge in [0.25, 0.3) is 5.91 Å². The fraction of sp³-hybridized carbons (Fsp3) is 0.200. The third-order valence-corrected chi connectivity index (χ3v) is 3.62. The first kappa shape index (κ1) is 16.0. The standard InChI is InChI=1S/C15H16FN3O2S/c16-11-4-1-5-12(10-11)19-15(21)18-8-3-7-17-14(20)13-6-2-9-22-13/h1-2,4-6,9-10H,3,7-8H2,(H,17,20)(H2,18,19,21). The van der Waals surface area contributed by atoms with Gasteiger partial charge in [-0.2, -0.15) is 0 Å². The number of urea groups is 1. The molecular formula is C15H16FN3O2S. The topological polar surface area (TPSA) is 70.2 Å². The molecule has 0 bridgehead atoms. The number of benzene rings is 1. The lowest BCUT2D eigenvalue weighted by Crippen LogP contribution is -2.32. The van der Waals surface area contributed by atoms with Crippen LogP contribution in [0.5, 0.6) is 0 Å². The van der Waals surface area contributed by atoms with Crippen molar-refractivity contribution in [2.45, 2.75) is 6.42 Å². The molecule has 0 spiro atoms. The number of nitrogens with one attached hydrogen (secondary N) is 3. The van der Waals surface area contributed by atoms with Crippen molar-refractivity contribution in [1.82, 2.24) is 10.6 Å². The van der Waals surface area contributed by atoms with E-state index in [2.05, 4.69) is 16.0 Å². The van der Waals surface area contributed by atoms with Gasteiger partial charge < -0.3 is 16.0 Å². The van der Waals surface area contributed by atoms with Crippen LogP contribution in [0.25, 0.3) is 0 Å². The van der Waals surface area contributed by atoms with Crippen LogP contribution in [-0.4, -0.2) is 25.0 Å². The Labute approximate surface area is 131 Å². The van der Waals surface area contributed by atoms with Crippen molar-refractivity contribution in [3.05, 3.63) is 52.5 Å². The molecule has 0 radical (unpaired) electrons. The Balaban J connectivity index is 1.60. The van der Waals surface area contributed by atoms with E-state index in [1.807, 2.05) is 11.4 Å². The minimum atomic E-state index is -0.408. The van der Waals surface area contributed by atoms with E-state index in [0.29, 0.717) is 30.1 Å². The zero-order valence-electron chi connectivity index (χ0n) is 11.8. The van der Waals surface area contributed by atoms with Crippen LogP contribution in [0.1, 0.15) is 16.1 Å². The fourth-order valence-corrected chi connectivity index (χ4v) is 2.37. The van der Waals surface area contributed by atoms with Gasteiger partial charge in [0.1, 0.15) is 5.82 Å². The summed E-state index contributed by atoms with van der Waals surface area (Å²) in [5.41, 5.74) is 0.392. The zero-order valence-corrected chi connectivity index (χ0v) is 12.6. The quantitative estimate of drug-likeness (QED) is 0.716. The molecule has 1 aromatic carbocycles. The van der Waals surface area contributed by atoms with Crippen LogP contribution in [0, 0.1) is 5.82 Å². The Morgan fingerprint density at radius 3 is 2.64 bits per heavy atom. The normalized spacial score (nSPS) is 10.0. The summed E-state index contributed by atoms with van der Waals surface area (Å²) in [7, 11) is 0. The second kappa shape index (κ2) is 8.14. The average Bonchev–Trinajstić information content (AvgIpc) is 3.01. The molecule has 3 amide bonds. The van der Waals surface area contributed by atoms with Crippen LogP contribution in [0.3, 0.4) is 0 Å². The van der Waals surface area contributed by atoms with Gasteiger partial charge in [-0.15, -0.1) is 11.3 Å². The van der Waals surface area contributed by atoms with E-state index in [1.165, 1.54) is 29.5 Å². The molecule has 0 unspecified atom stereocenters. The number of halogens is 1. The number of thiophene rings is 1. The summed E-state index contributed by atoms with van der Waals surface area (Å²) >= 11 is 1.38. The third-order valence-electron chi connectivity index (χ3n) is 2.75. The van der Waals surface area contributed by atoms with Crippen LogP contribution in [0.4, 0.5) is 14.9 Å². The second-order valence-corrected chi connectivity index (χ2v) is 5.43. The Bertz CT molecular complexity index is 631. The van der Waals surface area contributed by atoms with E-state index in [0.717, 1.165) is 0 Å². The van der Waals surface area contributed by atoms with Gasteiger partial charge in [0.2, 0.25) is 0 Å². The largest absolute Gasteiger partial charge is 0.351 e. The summed E-state index contributed by atoms with van der Waals surface area (Å²) in [6.07, 6.45) is 0.605. The maximum Gasteiger partial charge on any atom is 0.319 e. The average molecular weight is 321 g/mol. The smallest absolute Gasteiger partial charge is 0.319 e. The number of carbonyl (C=O) groups is 2. The molecule has 7 heteroatoms. The Hall–Kier alpha value is -2.41. The van der Waals surface area contributed by atoms with Gasteiger partial charge >= 0.3 is 6.03 Å². The maximum atomic E-state index is 13.0. The number of anilines is 1. The van der Waals surface area contributed by atoms with Crippen LogP contribution in [0.15, 0.2) is 41.8 Å². The molecule has 0 saturated heterocycles. The molecular weight excluding hydrogens is 305 g/mol. The van der Waals surface area contributed by atoms with Crippen LogP contribution >= 0.6 is 11.3 Å². The molecule has 5 nitrogen and oxygen atoms in total. The maximum absolute atomic E-state index is 13.0. The monoisotopic (exact) mass is 321 g/mol. The molecule has 1 heterocycles. The minimum Gasteiger partial charge on any atom is -0.351 e. The van der Waals surface area contributed by atoms with Crippen molar-refractivity contribution in [2.24, 2.45) is 0 Å². The number of hydrogen-bond donors (Lipinski definition) is 3. The van der Waals surface area contributed by atoms with E-state index >= 15 is 0 Å². The molecule has 1 aromatic heterocycles. The highest BCUT2D eigenvalue weighted by molar-refractivity contribution is 7.12. The molecule has 0 saturated carbocycles. The first-order valence-electron chi connectivity index (χ1n) is 6.77. The second-order valence-electron chi connectivity index (χ2n) is 4.48. The first-order chi connectivity index (χ1) is 10.6. The lowest BCUT2D eigenvalue weighted by atomic mass is 10.3. The highest BCUT2D eigenvalue weighted by Gasteiger charge is 2.05. The lowest BCUT2D eigenvalue weighted by Gasteiger charge is -2.08. The Kier molecular flexibility index (Phi) is 5.91. The van der Waals surface area contributed by atoms with Crippen molar-refractivity contribution in [3.63, 3.8) is 0 Å². The predicted molar refractivity (Wildman–Crippen MR) is 84.7 cm³/mol. The first-order valence-corrected chi connectivity index (χ1v) is 7.65. The van der Waals surface area contributed by atoms with Crippen molar-refractivity contribution < 1.29 is 14.0 Å². The Morgan fingerprint density at radius 2 is 1.91 bits per heavy atom. The van der Waals surface area contributed by atoms with Gasteiger partial charge in [0.15, 0.2) is 0 Å². The van der Waals surface area contributed by atoms with Crippen molar-refractivity contribution >= 4 is 29.0 Å². The van der Waals surface area contributed by atoms with Crippen LogP contribution < -0.4 is 16.0 Å². The van der Waals surface area contributed by atoms with Gasteiger partial charge in [0.05, 0.1) is 4.88 Å². The minimum absolute atomic E-state index is 0.112. The Morgan fingerprint density at radius 1 is 1.09 bits per heavy atom. The van der Waals surface area contributed by atoms with Crippen molar-refractivity contribution in [2.75, 3.05) is 18.4 Å². The van der Waals surface area contributed by atoms with Crippen molar-refractivity contribution in [1.29, 1.82) is 0 Å². The van der Waals surface area contributed by atoms with E-state index in [9.17, 15) is 14.0 Å². The number of carbonyl (C=O) groups excluding carboxylic acids is 2. The number of amides is 3. The van der Waals surface area contributed by atoms with Gasteiger partial charge in [-0.1, -0.05) is 12.1 Å². The summed E-state index contributed by atoms with van der Waals surface area (Å²) in [6, 6.07) is 8.83. The highest BCUT2D eigenvalue weighted by Crippen LogP contribution is 2.08. The van der Waals surface area contributed by atoms with E-state index in [-0.39, 0.29) is 5.91 Å². The third kappa shape index (κ3) is 5.17. The summed E-state index contributed by atoms with van der Waals surface area (Å²) in [4.78, 5) is 23.9. The molecule has 0 fully saturated rings. The summed E-state index contributed by atoms with van der Waals surface area (Å²) < 4.78 is 13.0. The molecule has 2 aromatic rings. The van der Waals surface area contributed by atoms with E-state index in [4.69, 9.17) is 0 Å². The highest BCUT2D eigenvalue weighted by atomic mass is 32.1. The van der Waals surface area contributed by atoms with Crippen LogP contribution in [0.2, 0.25) is 0 Å². The molecule has 0 aliphatic rings. The molecule has 0 aliphatic carbocycles. The molecule has 22 heavy (non-hydrogen) atoms. The van der Waals surface area contributed by atoms with Gasteiger partial charge in [-0.25, -0.2) is 9.18 Å².